The Balaban J connectivity index is 1.38. The second-order valence-electron chi connectivity index (χ2n) is 7.24. The number of carbonyl (C=O) groups is 1. The van der Waals surface area contributed by atoms with Crippen LogP contribution in [0.15, 0.2) is 53.4 Å². The van der Waals surface area contributed by atoms with E-state index in [-0.39, 0.29) is 24.0 Å². The number of rotatable bonds is 9. The molecular weight excluding hydrogens is 404 g/mol. The number of hydrogen-bond acceptors (Lipinski definition) is 5. The molecular formula is C22H28N2O5S. The molecule has 0 aliphatic carbocycles. The van der Waals surface area contributed by atoms with Gasteiger partial charge in [0.05, 0.1) is 11.4 Å². The van der Waals surface area contributed by atoms with Crippen molar-refractivity contribution in [2.45, 2.75) is 31.1 Å². The van der Waals surface area contributed by atoms with E-state index in [0.29, 0.717) is 31.1 Å². The number of nitrogens with one attached hydrogen (secondary N) is 1. The van der Waals surface area contributed by atoms with Gasteiger partial charge in [-0.3, -0.25) is 4.79 Å². The molecule has 1 fully saturated rings. The van der Waals surface area contributed by atoms with E-state index in [4.69, 9.17) is 9.47 Å². The molecule has 1 saturated heterocycles. The van der Waals surface area contributed by atoms with Crippen LogP contribution in [0.2, 0.25) is 0 Å². The van der Waals surface area contributed by atoms with E-state index in [2.05, 4.69) is 5.32 Å². The van der Waals surface area contributed by atoms with Gasteiger partial charge in [-0.2, -0.15) is 4.31 Å². The monoisotopic (exact) mass is 432 g/mol. The van der Waals surface area contributed by atoms with E-state index >= 15 is 0 Å². The summed E-state index contributed by atoms with van der Waals surface area (Å²) < 4.78 is 37.8. The summed E-state index contributed by atoms with van der Waals surface area (Å²) in [4.78, 5) is 12.1. The Hall–Kier alpha value is -2.58. The molecule has 0 saturated carbocycles. The van der Waals surface area contributed by atoms with Gasteiger partial charge in [-0.15, -0.1) is 0 Å². The van der Waals surface area contributed by atoms with Crippen LogP contribution < -0.4 is 14.8 Å². The number of amides is 1. The molecule has 0 atom stereocenters. The van der Waals surface area contributed by atoms with E-state index in [1.54, 1.807) is 28.6 Å². The van der Waals surface area contributed by atoms with Crippen LogP contribution in [0, 0.1) is 6.92 Å². The van der Waals surface area contributed by atoms with Gasteiger partial charge in [0.1, 0.15) is 18.1 Å². The number of nitrogens with zero attached hydrogens (tertiary/aromatic N) is 1. The van der Waals surface area contributed by atoms with Gasteiger partial charge in [0.25, 0.3) is 5.91 Å². The highest BCUT2D eigenvalue weighted by atomic mass is 32.2. The maximum atomic E-state index is 12.6. The second kappa shape index (κ2) is 10.4. The maximum Gasteiger partial charge on any atom is 0.258 e. The van der Waals surface area contributed by atoms with E-state index in [1.165, 1.54) is 0 Å². The summed E-state index contributed by atoms with van der Waals surface area (Å²) in [5.74, 6) is 0.964. The minimum atomic E-state index is -3.44. The number of benzene rings is 2. The zero-order valence-corrected chi connectivity index (χ0v) is 18.0. The summed E-state index contributed by atoms with van der Waals surface area (Å²) in [6.07, 6.45) is 2.89. The molecule has 0 bridgehead atoms. The quantitative estimate of drug-likeness (QED) is 0.616. The largest absolute Gasteiger partial charge is 0.492 e. The van der Waals surface area contributed by atoms with Crippen molar-refractivity contribution in [3.05, 3.63) is 54.1 Å². The zero-order valence-electron chi connectivity index (χ0n) is 17.2. The fraction of sp³-hybridized carbons (Fsp3) is 0.409. The van der Waals surface area contributed by atoms with Crippen LogP contribution >= 0.6 is 0 Å². The van der Waals surface area contributed by atoms with E-state index in [9.17, 15) is 13.2 Å². The van der Waals surface area contributed by atoms with Crippen molar-refractivity contribution in [3.63, 3.8) is 0 Å². The lowest BCUT2D eigenvalue weighted by molar-refractivity contribution is -0.123. The normalized spacial score (nSPS) is 14.8. The third-order valence-electron chi connectivity index (χ3n) is 4.86. The van der Waals surface area contributed by atoms with Crippen molar-refractivity contribution in [1.82, 2.24) is 9.62 Å². The number of piperidine rings is 1. The molecule has 30 heavy (non-hydrogen) atoms. The highest BCUT2D eigenvalue weighted by molar-refractivity contribution is 7.89. The van der Waals surface area contributed by atoms with E-state index < -0.39 is 10.0 Å². The van der Waals surface area contributed by atoms with Gasteiger partial charge in [-0.25, -0.2) is 8.42 Å². The van der Waals surface area contributed by atoms with Crippen molar-refractivity contribution in [3.8, 4) is 11.5 Å². The minimum Gasteiger partial charge on any atom is -0.492 e. The Bertz CT molecular complexity index is 921. The van der Waals surface area contributed by atoms with Crippen LogP contribution in [0.1, 0.15) is 24.8 Å². The van der Waals surface area contributed by atoms with E-state index in [0.717, 1.165) is 24.8 Å². The molecule has 8 heteroatoms. The predicted molar refractivity (Wildman–Crippen MR) is 114 cm³/mol. The summed E-state index contributed by atoms with van der Waals surface area (Å²) in [5, 5.41) is 2.72. The van der Waals surface area contributed by atoms with Crippen LogP contribution in [0.25, 0.3) is 0 Å². The molecule has 0 spiro atoms. The number of ether oxygens (including phenoxy) is 2. The lowest BCUT2D eigenvalue weighted by Crippen LogP contribution is -2.35. The molecule has 0 radical (unpaired) electrons. The molecule has 1 amide bonds. The first-order chi connectivity index (χ1) is 14.4. The Labute approximate surface area is 178 Å². The topological polar surface area (TPSA) is 84.9 Å². The fourth-order valence-corrected chi connectivity index (χ4v) is 4.67. The Kier molecular flexibility index (Phi) is 7.70. The van der Waals surface area contributed by atoms with Crippen LogP contribution in [-0.4, -0.2) is 51.5 Å². The van der Waals surface area contributed by atoms with Gasteiger partial charge in [0, 0.05) is 13.1 Å². The summed E-state index contributed by atoms with van der Waals surface area (Å²) in [6.45, 7) is 3.67. The first-order valence-corrected chi connectivity index (χ1v) is 11.6. The third-order valence-corrected chi connectivity index (χ3v) is 6.77. The Morgan fingerprint density at radius 3 is 2.20 bits per heavy atom. The SMILES string of the molecule is Cc1ccc(OCC(=O)NCCOc2ccc(S(=O)(=O)N3CCCCC3)cc2)cc1. The Morgan fingerprint density at radius 1 is 0.933 bits per heavy atom. The average molecular weight is 433 g/mol. The highest BCUT2D eigenvalue weighted by Crippen LogP contribution is 2.22. The van der Waals surface area contributed by atoms with Gasteiger partial charge in [0.15, 0.2) is 6.61 Å². The summed E-state index contributed by atoms with van der Waals surface area (Å²) in [6, 6.07) is 13.9. The maximum absolute atomic E-state index is 12.6. The number of carbonyl (C=O) groups excluding carboxylic acids is 1. The molecule has 3 rings (SSSR count). The van der Waals surface area contributed by atoms with Crippen LogP contribution in [0.4, 0.5) is 0 Å². The van der Waals surface area contributed by atoms with Crippen molar-refractivity contribution < 1.29 is 22.7 Å². The van der Waals surface area contributed by atoms with E-state index in [1.807, 2.05) is 31.2 Å². The Morgan fingerprint density at radius 2 is 1.53 bits per heavy atom. The van der Waals surface area contributed by atoms with Crippen LogP contribution in [0.5, 0.6) is 11.5 Å². The fourth-order valence-electron chi connectivity index (χ4n) is 3.16. The first-order valence-electron chi connectivity index (χ1n) is 10.1. The highest BCUT2D eigenvalue weighted by Gasteiger charge is 2.25. The van der Waals surface area contributed by atoms with Crippen molar-refractivity contribution in [2.24, 2.45) is 0 Å². The summed E-state index contributed by atoms with van der Waals surface area (Å²) in [7, 11) is -3.44. The molecule has 2 aromatic carbocycles. The van der Waals surface area contributed by atoms with Crippen LogP contribution in [0.3, 0.4) is 0 Å². The number of aryl methyl sites for hydroxylation is 1. The minimum absolute atomic E-state index is 0.0634. The third kappa shape index (κ3) is 6.21. The molecule has 7 nitrogen and oxygen atoms in total. The van der Waals surface area contributed by atoms with Gasteiger partial charge < -0.3 is 14.8 Å². The first kappa shape index (κ1) is 22.1. The molecule has 1 heterocycles. The summed E-state index contributed by atoms with van der Waals surface area (Å²) >= 11 is 0. The number of hydrogen-bond donors (Lipinski definition) is 1. The van der Waals surface area contributed by atoms with Crippen LogP contribution in [-0.2, 0) is 14.8 Å². The standard InChI is InChI=1S/C22H28N2O5S/c1-18-5-7-20(8-6-18)29-17-22(25)23-13-16-28-19-9-11-21(12-10-19)30(26,27)24-14-3-2-4-15-24/h5-12H,2-4,13-17H2,1H3,(H,23,25). The molecule has 0 unspecified atom stereocenters. The van der Waals surface area contributed by atoms with Gasteiger partial charge in [-0.05, 0) is 56.2 Å². The van der Waals surface area contributed by atoms with Crippen molar-refractivity contribution >= 4 is 15.9 Å². The molecule has 2 aromatic rings. The molecule has 0 aromatic heterocycles. The molecule has 1 N–H and O–H groups in total. The zero-order chi connectivity index (χ0) is 21.4. The predicted octanol–water partition coefficient (Wildman–Crippen LogP) is 2.74. The van der Waals surface area contributed by atoms with Gasteiger partial charge >= 0.3 is 0 Å². The lowest BCUT2D eigenvalue weighted by atomic mass is 10.2. The van der Waals surface area contributed by atoms with Crippen molar-refractivity contribution in [2.75, 3.05) is 32.8 Å². The van der Waals surface area contributed by atoms with Gasteiger partial charge in [-0.1, -0.05) is 24.1 Å². The molecule has 162 valence electrons. The lowest BCUT2D eigenvalue weighted by Gasteiger charge is -2.25. The average Bonchev–Trinajstić information content (AvgIpc) is 2.77. The smallest absolute Gasteiger partial charge is 0.258 e. The molecule has 1 aliphatic heterocycles. The molecule has 1 aliphatic rings. The van der Waals surface area contributed by atoms with Crippen molar-refractivity contribution in [1.29, 1.82) is 0 Å². The summed E-state index contributed by atoms with van der Waals surface area (Å²) in [5.41, 5.74) is 1.13. The second-order valence-corrected chi connectivity index (χ2v) is 9.17. The van der Waals surface area contributed by atoms with Gasteiger partial charge in [0.2, 0.25) is 10.0 Å². The number of sulfonamides is 1.